The molecule has 0 aromatic heterocycles. The van der Waals surface area contributed by atoms with Gasteiger partial charge in [0.2, 0.25) is 0 Å². The summed E-state index contributed by atoms with van der Waals surface area (Å²) in [4.78, 5) is 16.5. The molecule has 0 radical (unpaired) electrons. The number of carboxylic acid groups (broad SMARTS) is 2. The van der Waals surface area contributed by atoms with Crippen molar-refractivity contribution in [2.45, 2.75) is 23.2 Å². The summed E-state index contributed by atoms with van der Waals surface area (Å²) in [5, 5.41) is 52.7. The fourth-order valence-corrected chi connectivity index (χ4v) is 1.60. The Hall–Kier alpha value is -1.31. The summed E-state index contributed by atoms with van der Waals surface area (Å²) in [6.45, 7) is 0. The fourth-order valence-electron chi connectivity index (χ4n) is 0.940. The van der Waals surface area contributed by atoms with Crippen LogP contribution in [0.3, 0.4) is 0 Å². The molecule has 0 saturated carbocycles. The molecule has 0 unspecified atom stereocenters. The van der Waals surface area contributed by atoms with Gasteiger partial charge in [0, 0.05) is 0 Å². The van der Waals surface area contributed by atoms with Crippen molar-refractivity contribution in [1.82, 2.24) is 0 Å². The van der Waals surface area contributed by atoms with Crippen molar-refractivity contribution in [2.75, 3.05) is 0 Å². The van der Waals surface area contributed by atoms with Crippen LogP contribution in [0.25, 0.3) is 0 Å². The molecule has 0 aliphatic carbocycles. The standard InChI is InChI=1S/C6H10O11S/c7-1(2(8)4(10)11)3(9)6(14,5(12)13)18(15,16)17/h1-3,7-9,14H,(H,10,11)(H,12,13)(H,15,16,17)/t1-,2+,3+,6+/m1/s1. The minimum atomic E-state index is -5.83. The maximum atomic E-state index is 10.7. The molecule has 0 aromatic carbocycles. The molecule has 11 nitrogen and oxygen atoms in total. The zero-order valence-corrected chi connectivity index (χ0v) is 9.22. The van der Waals surface area contributed by atoms with Gasteiger partial charge < -0.3 is 30.6 Å². The third-order valence-corrected chi connectivity index (χ3v) is 3.20. The number of aliphatic carboxylic acids is 2. The van der Waals surface area contributed by atoms with Gasteiger partial charge in [0.1, 0.15) is 12.2 Å². The second-order valence-corrected chi connectivity index (χ2v) is 4.77. The topological polar surface area (TPSA) is 210 Å². The average Bonchev–Trinajstić information content (AvgIpc) is 2.22. The van der Waals surface area contributed by atoms with Crippen LogP contribution in [0.2, 0.25) is 0 Å². The van der Waals surface area contributed by atoms with Gasteiger partial charge in [-0.25, -0.2) is 9.59 Å². The number of aliphatic hydroxyl groups is 4. The van der Waals surface area contributed by atoms with Crippen molar-refractivity contribution >= 4 is 22.1 Å². The molecule has 0 saturated heterocycles. The van der Waals surface area contributed by atoms with Crippen LogP contribution in [-0.4, -0.2) is 78.8 Å². The lowest BCUT2D eigenvalue weighted by Gasteiger charge is -2.29. The molecule has 12 heteroatoms. The molecule has 0 aromatic rings. The fraction of sp³-hybridized carbons (Fsp3) is 0.667. The monoisotopic (exact) mass is 290 g/mol. The molecule has 0 aliphatic rings. The molecule has 0 fully saturated rings. The van der Waals surface area contributed by atoms with Crippen molar-refractivity contribution in [1.29, 1.82) is 0 Å². The predicted octanol–water partition coefficient (Wildman–Crippen LogP) is -4.19. The largest absolute Gasteiger partial charge is 0.479 e. The SMILES string of the molecule is O=C(O)[C@@H](O)[C@@H](O)[C@H](O)[C@@](O)(C(=O)O)S(=O)(=O)O. The first-order valence-electron chi connectivity index (χ1n) is 4.07. The minimum Gasteiger partial charge on any atom is -0.479 e. The Labute approximate surface area is 99.3 Å². The van der Waals surface area contributed by atoms with Crippen molar-refractivity contribution in [2.24, 2.45) is 0 Å². The molecule has 0 bridgehead atoms. The number of rotatable bonds is 6. The van der Waals surface area contributed by atoms with Crippen LogP contribution in [0.15, 0.2) is 0 Å². The van der Waals surface area contributed by atoms with Crippen LogP contribution in [0.4, 0.5) is 0 Å². The molecule has 4 atom stereocenters. The molecular formula is C6H10O11S. The maximum absolute atomic E-state index is 10.7. The number of carbonyl (C=O) groups is 2. The Morgan fingerprint density at radius 1 is 1.06 bits per heavy atom. The summed E-state index contributed by atoms with van der Waals surface area (Å²) >= 11 is 0. The first-order valence-corrected chi connectivity index (χ1v) is 5.51. The normalized spacial score (nSPS) is 20.5. The van der Waals surface area contributed by atoms with Crippen molar-refractivity contribution in [3.8, 4) is 0 Å². The van der Waals surface area contributed by atoms with E-state index in [1.807, 2.05) is 0 Å². The maximum Gasteiger partial charge on any atom is 0.357 e. The summed E-state index contributed by atoms with van der Waals surface area (Å²) < 4.78 is 29.8. The highest BCUT2D eigenvalue weighted by Gasteiger charge is 2.59. The van der Waals surface area contributed by atoms with Gasteiger partial charge in [-0.1, -0.05) is 0 Å². The lowest BCUT2D eigenvalue weighted by atomic mass is 10.0. The van der Waals surface area contributed by atoms with Crippen LogP contribution in [0.1, 0.15) is 0 Å². The Morgan fingerprint density at radius 3 is 1.67 bits per heavy atom. The first kappa shape index (κ1) is 16.7. The molecule has 7 N–H and O–H groups in total. The van der Waals surface area contributed by atoms with Gasteiger partial charge in [0.05, 0.1) is 0 Å². The lowest BCUT2D eigenvalue weighted by molar-refractivity contribution is -0.179. The number of aliphatic hydroxyl groups excluding tert-OH is 3. The van der Waals surface area contributed by atoms with E-state index < -0.39 is 45.3 Å². The molecule has 0 rings (SSSR count). The average molecular weight is 290 g/mol. The van der Waals surface area contributed by atoms with E-state index in [-0.39, 0.29) is 0 Å². The smallest absolute Gasteiger partial charge is 0.357 e. The number of carboxylic acids is 2. The van der Waals surface area contributed by atoms with E-state index in [0.717, 1.165) is 0 Å². The van der Waals surface area contributed by atoms with Crippen molar-refractivity contribution in [3.63, 3.8) is 0 Å². The Balaban J connectivity index is 5.57. The third-order valence-electron chi connectivity index (χ3n) is 2.00. The highest BCUT2D eigenvalue weighted by molar-refractivity contribution is 7.87. The Kier molecular flexibility index (Phi) is 4.76. The van der Waals surface area contributed by atoms with Gasteiger partial charge >= 0.3 is 27.0 Å². The minimum absolute atomic E-state index is 2.12. The second kappa shape index (κ2) is 5.13. The number of hydrogen-bond acceptors (Lipinski definition) is 8. The van der Waals surface area contributed by atoms with Crippen molar-refractivity contribution in [3.05, 3.63) is 0 Å². The third kappa shape index (κ3) is 2.74. The molecule has 18 heavy (non-hydrogen) atoms. The molecule has 0 aliphatic heterocycles. The van der Waals surface area contributed by atoms with E-state index in [9.17, 15) is 18.0 Å². The molecule has 106 valence electrons. The molecule has 0 amide bonds. The van der Waals surface area contributed by atoms with Crippen LogP contribution in [0.5, 0.6) is 0 Å². The summed E-state index contributed by atoms with van der Waals surface area (Å²) in [6.07, 6.45) is -8.88. The summed E-state index contributed by atoms with van der Waals surface area (Å²) in [5.74, 6) is -4.79. The van der Waals surface area contributed by atoms with Crippen LogP contribution >= 0.6 is 0 Å². The number of hydrogen-bond donors (Lipinski definition) is 7. The second-order valence-electron chi connectivity index (χ2n) is 3.20. The summed E-state index contributed by atoms with van der Waals surface area (Å²) in [6, 6.07) is 0. The highest BCUT2D eigenvalue weighted by Crippen LogP contribution is 2.22. The molecular weight excluding hydrogens is 280 g/mol. The van der Waals surface area contributed by atoms with E-state index in [2.05, 4.69) is 0 Å². The van der Waals surface area contributed by atoms with E-state index in [1.54, 1.807) is 0 Å². The van der Waals surface area contributed by atoms with E-state index in [0.29, 0.717) is 0 Å². The highest BCUT2D eigenvalue weighted by atomic mass is 32.2. The van der Waals surface area contributed by atoms with Gasteiger partial charge in [-0.15, -0.1) is 0 Å². The van der Waals surface area contributed by atoms with Gasteiger partial charge in [0.25, 0.3) is 0 Å². The Morgan fingerprint density at radius 2 is 1.44 bits per heavy atom. The van der Waals surface area contributed by atoms with E-state index in [4.69, 9.17) is 35.2 Å². The van der Waals surface area contributed by atoms with Crippen LogP contribution < -0.4 is 0 Å². The van der Waals surface area contributed by atoms with E-state index in [1.165, 1.54) is 0 Å². The van der Waals surface area contributed by atoms with Gasteiger partial charge in [-0.2, -0.15) is 8.42 Å². The molecule has 0 spiro atoms. The summed E-state index contributed by atoms with van der Waals surface area (Å²) in [5.41, 5.74) is 0. The first-order chi connectivity index (χ1) is 7.87. The lowest BCUT2D eigenvalue weighted by Crippen LogP contribution is -2.62. The zero-order valence-electron chi connectivity index (χ0n) is 8.40. The van der Waals surface area contributed by atoms with Gasteiger partial charge in [-0.3, -0.25) is 4.55 Å². The summed E-state index contributed by atoms with van der Waals surface area (Å²) in [7, 11) is -5.83. The predicted molar refractivity (Wildman–Crippen MR) is 49.8 cm³/mol. The van der Waals surface area contributed by atoms with Crippen LogP contribution in [-0.2, 0) is 19.7 Å². The molecule has 0 heterocycles. The van der Waals surface area contributed by atoms with Crippen LogP contribution in [0, 0.1) is 0 Å². The van der Waals surface area contributed by atoms with Gasteiger partial charge in [-0.05, 0) is 0 Å². The zero-order chi connectivity index (χ0) is 14.9. The van der Waals surface area contributed by atoms with E-state index >= 15 is 0 Å². The Bertz CT molecular complexity index is 440. The van der Waals surface area contributed by atoms with Gasteiger partial charge in [0.15, 0.2) is 6.10 Å². The quantitative estimate of drug-likeness (QED) is 0.233. The van der Waals surface area contributed by atoms with Crippen molar-refractivity contribution < 1.29 is 53.2 Å².